The molecule has 2 heterocycles. The van der Waals surface area contributed by atoms with E-state index in [-0.39, 0.29) is 33.4 Å². The Balaban J connectivity index is 0.00000171. The molecule has 1 fully saturated rings. The van der Waals surface area contributed by atoms with Gasteiger partial charge in [-0.25, -0.2) is 0 Å². The third-order valence-electron chi connectivity index (χ3n) is 6.35. The fourth-order valence-electron chi connectivity index (χ4n) is 4.45. The van der Waals surface area contributed by atoms with E-state index < -0.39 is 17.8 Å². The summed E-state index contributed by atoms with van der Waals surface area (Å²) in [7, 11) is 0. The fraction of sp³-hybridized carbons (Fsp3) is 0.375. The van der Waals surface area contributed by atoms with Crippen LogP contribution in [0.2, 0.25) is 0 Å². The number of benzene rings is 2. The second kappa shape index (κ2) is 7.71. The molecule has 9 heteroatoms. The van der Waals surface area contributed by atoms with E-state index in [9.17, 15) is 23.8 Å². The Labute approximate surface area is 191 Å². The molecule has 1 saturated carbocycles. The Bertz CT molecular complexity index is 1250. The summed E-state index contributed by atoms with van der Waals surface area (Å²) in [5.41, 5.74) is 2.34. The van der Waals surface area contributed by atoms with Gasteiger partial charge in [-0.2, -0.15) is 0 Å². The second-order valence-corrected chi connectivity index (χ2v) is 8.58. The zero-order valence-electron chi connectivity index (χ0n) is 18.0. The minimum Gasteiger partial charge on any atom is -0.395 e. The molecule has 0 saturated heterocycles. The highest BCUT2D eigenvalue weighted by Crippen LogP contribution is 2.52. The number of ether oxygens (including phenoxy) is 2. The first-order chi connectivity index (χ1) is 15.7. The maximum absolute atomic E-state index is 13.3. The number of aryl methyl sites for hydroxylation is 1. The normalized spacial score (nSPS) is 18.3. The van der Waals surface area contributed by atoms with E-state index in [0.717, 1.165) is 23.0 Å². The number of aliphatic hydroxyl groups excluding tert-OH is 2. The summed E-state index contributed by atoms with van der Waals surface area (Å²) < 4.78 is 37.6. The molecule has 2 aliphatic rings. The second-order valence-electron chi connectivity index (χ2n) is 8.58. The number of amides is 1. The van der Waals surface area contributed by atoms with Crippen LogP contribution in [0.3, 0.4) is 0 Å². The summed E-state index contributed by atoms with van der Waals surface area (Å²) in [4.78, 5) is 13.2. The molecule has 0 unspecified atom stereocenters. The number of fused-ring (bicyclic) bond motifs is 2. The summed E-state index contributed by atoms with van der Waals surface area (Å²) in [5, 5.41) is 23.0. The number of nitrogens with zero attached hydrogens (tertiary/aromatic N) is 1. The smallest absolute Gasteiger partial charge is 0.395 e. The molecule has 33 heavy (non-hydrogen) atoms. The Hall–Kier alpha value is -3.17. The van der Waals surface area contributed by atoms with Crippen LogP contribution in [-0.4, -0.2) is 39.7 Å². The molecule has 0 radical (unpaired) electrons. The number of carbonyl (C=O) groups is 1. The lowest BCUT2D eigenvalue weighted by Gasteiger charge is -2.17. The van der Waals surface area contributed by atoms with Gasteiger partial charge in [-0.15, -0.1) is 8.78 Å². The van der Waals surface area contributed by atoms with E-state index in [1.807, 2.05) is 29.7 Å². The van der Waals surface area contributed by atoms with Crippen LogP contribution in [0.25, 0.3) is 10.9 Å². The van der Waals surface area contributed by atoms with Crippen LogP contribution in [0.4, 0.5) is 14.5 Å². The average molecular weight is 462 g/mol. The van der Waals surface area contributed by atoms with Crippen LogP contribution in [-0.2, 0) is 23.2 Å². The fourth-order valence-corrected chi connectivity index (χ4v) is 4.45. The highest BCUT2D eigenvalue weighted by Gasteiger charge is 2.52. The summed E-state index contributed by atoms with van der Waals surface area (Å²) in [6, 6.07) is 12.0. The number of aliphatic hydroxyl groups is 2. The molecule has 1 aliphatic carbocycles. The third kappa shape index (κ3) is 3.81. The zero-order valence-corrected chi connectivity index (χ0v) is 18.0. The number of nitrogens with one attached hydrogen (secondary N) is 1. The predicted octanol–water partition coefficient (Wildman–Crippen LogP) is 4.04. The van der Waals surface area contributed by atoms with E-state index in [1.165, 1.54) is 12.1 Å². The molecular weight excluding hydrogens is 434 g/mol. The molecule has 0 spiro atoms. The molecule has 1 amide bonds. The van der Waals surface area contributed by atoms with Crippen molar-refractivity contribution in [1.82, 2.24) is 4.57 Å². The average Bonchev–Trinajstić information content (AvgIpc) is 3.44. The highest BCUT2D eigenvalue weighted by molar-refractivity contribution is 6.02. The van der Waals surface area contributed by atoms with Gasteiger partial charge < -0.3 is 29.6 Å². The van der Waals surface area contributed by atoms with E-state index in [0.29, 0.717) is 24.1 Å². The van der Waals surface area contributed by atoms with Crippen LogP contribution in [0, 0.1) is 0 Å². The van der Waals surface area contributed by atoms with E-state index in [2.05, 4.69) is 14.8 Å². The van der Waals surface area contributed by atoms with E-state index in [1.54, 1.807) is 12.1 Å². The number of halogens is 2. The van der Waals surface area contributed by atoms with Gasteiger partial charge in [0.25, 0.3) is 0 Å². The van der Waals surface area contributed by atoms with Crippen molar-refractivity contribution in [3.8, 4) is 11.5 Å². The summed E-state index contributed by atoms with van der Waals surface area (Å²) in [6.07, 6.45) is -2.60. The maximum atomic E-state index is 13.3. The molecule has 2 aromatic carbocycles. The Morgan fingerprint density at radius 3 is 2.64 bits per heavy atom. The van der Waals surface area contributed by atoms with Crippen molar-refractivity contribution in [3.63, 3.8) is 0 Å². The first-order valence-corrected chi connectivity index (χ1v) is 10.9. The molecule has 3 aromatic rings. The lowest BCUT2D eigenvalue weighted by Crippen LogP contribution is -2.28. The standard InChI is InChI=1S/C24H24F2N2O5.2H2/c1-2-17-10-14-9-16(4-5-19(14)28(17)12-18(30)13-29)27-22(31)23(7-8-23)15-3-6-20-21(11-15)33-24(25,26)32-20;;/h3-6,9-11,18,29-30H,2,7-8,12-13H2,1H3,(H,27,31);2*1H/t18-;;/m0../s1. The first kappa shape index (κ1) is 21.7. The Morgan fingerprint density at radius 1 is 1.18 bits per heavy atom. The van der Waals surface area contributed by atoms with Crippen LogP contribution in [0.5, 0.6) is 11.5 Å². The van der Waals surface area contributed by atoms with Crippen molar-refractivity contribution in [3.05, 3.63) is 53.7 Å². The quantitative estimate of drug-likeness (QED) is 0.493. The number of hydrogen-bond acceptors (Lipinski definition) is 5. The molecule has 5 rings (SSSR count). The molecule has 1 aliphatic heterocycles. The topological polar surface area (TPSA) is 93.0 Å². The predicted molar refractivity (Wildman–Crippen MR) is 121 cm³/mol. The van der Waals surface area contributed by atoms with Crippen LogP contribution < -0.4 is 14.8 Å². The molecule has 178 valence electrons. The van der Waals surface area contributed by atoms with Crippen molar-refractivity contribution in [2.75, 3.05) is 11.9 Å². The molecule has 1 atom stereocenters. The van der Waals surface area contributed by atoms with E-state index in [4.69, 9.17) is 0 Å². The highest BCUT2D eigenvalue weighted by atomic mass is 19.3. The van der Waals surface area contributed by atoms with Crippen LogP contribution in [0.15, 0.2) is 42.5 Å². The van der Waals surface area contributed by atoms with Crippen molar-refractivity contribution in [2.24, 2.45) is 0 Å². The minimum absolute atomic E-state index is 0. The maximum Gasteiger partial charge on any atom is 0.586 e. The lowest BCUT2D eigenvalue weighted by molar-refractivity contribution is -0.286. The lowest BCUT2D eigenvalue weighted by atomic mass is 9.94. The van der Waals surface area contributed by atoms with Gasteiger partial charge in [0.15, 0.2) is 11.5 Å². The van der Waals surface area contributed by atoms with Crippen molar-refractivity contribution in [1.29, 1.82) is 0 Å². The largest absolute Gasteiger partial charge is 0.586 e. The van der Waals surface area contributed by atoms with Gasteiger partial charge in [0.2, 0.25) is 5.91 Å². The number of rotatable bonds is 7. The van der Waals surface area contributed by atoms with Gasteiger partial charge in [0, 0.05) is 25.1 Å². The summed E-state index contributed by atoms with van der Waals surface area (Å²) >= 11 is 0. The van der Waals surface area contributed by atoms with Crippen molar-refractivity contribution >= 4 is 22.5 Å². The number of aromatic nitrogens is 1. The number of anilines is 1. The SMILES string of the molecule is CCc1cc2cc(NC(=O)C3(c4ccc5c(c4)OC(F)(F)O5)CC3)ccc2n1C[C@H](O)CO.[HH].[HH]. The molecule has 3 N–H and O–H groups in total. The third-order valence-corrected chi connectivity index (χ3v) is 6.35. The number of hydrogen-bond donors (Lipinski definition) is 3. The van der Waals surface area contributed by atoms with Crippen LogP contribution in [0.1, 0.15) is 33.9 Å². The Kier molecular flexibility index (Phi) is 5.06. The minimum atomic E-state index is -3.70. The van der Waals surface area contributed by atoms with E-state index >= 15 is 0 Å². The van der Waals surface area contributed by atoms with Gasteiger partial charge in [0.1, 0.15) is 0 Å². The van der Waals surface area contributed by atoms with Crippen LogP contribution >= 0.6 is 0 Å². The Morgan fingerprint density at radius 2 is 1.94 bits per heavy atom. The van der Waals surface area contributed by atoms with Gasteiger partial charge in [0.05, 0.1) is 24.7 Å². The van der Waals surface area contributed by atoms with Gasteiger partial charge in [-0.1, -0.05) is 13.0 Å². The summed E-state index contributed by atoms with van der Waals surface area (Å²) in [5.74, 6) is -0.331. The number of carbonyl (C=O) groups excluding carboxylic acids is 1. The molecule has 1 aromatic heterocycles. The first-order valence-electron chi connectivity index (χ1n) is 10.9. The van der Waals surface area contributed by atoms with Gasteiger partial charge in [-0.3, -0.25) is 4.79 Å². The summed E-state index contributed by atoms with van der Waals surface area (Å²) in [6.45, 7) is 1.97. The van der Waals surface area contributed by atoms with Crippen molar-refractivity contribution < 1.29 is 36.1 Å². The molecule has 0 bridgehead atoms. The van der Waals surface area contributed by atoms with Gasteiger partial charge in [-0.05, 0) is 61.2 Å². The van der Waals surface area contributed by atoms with Crippen molar-refractivity contribution in [2.45, 2.75) is 50.5 Å². The number of alkyl halides is 2. The molecular formula is C24H28F2N2O5. The zero-order chi connectivity index (χ0) is 23.4. The monoisotopic (exact) mass is 462 g/mol. The molecule has 7 nitrogen and oxygen atoms in total. The van der Waals surface area contributed by atoms with Gasteiger partial charge >= 0.3 is 6.29 Å².